The number of ether oxygens (including phenoxy) is 1. The van der Waals surface area contributed by atoms with Crippen LogP contribution in [0.1, 0.15) is 17.3 Å². The molecule has 0 aliphatic carbocycles. The van der Waals surface area contributed by atoms with Gasteiger partial charge < -0.3 is 15.4 Å². The Morgan fingerprint density at radius 2 is 1.96 bits per heavy atom. The molecule has 3 rings (SSSR count). The molecular formula is C20H19N3O3. The third-order valence-electron chi connectivity index (χ3n) is 3.76. The molecule has 1 heterocycles. The number of urea groups is 1. The lowest BCUT2D eigenvalue weighted by molar-refractivity contribution is 0.101. The highest BCUT2D eigenvalue weighted by molar-refractivity contribution is 5.96. The maximum Gasteiger partial charge on any atom is 0.319 e. The first-order valence-electron chi connectivity index (χ1n) is 8.25. The van der Waals surface area contributed by atoms with Crippen molar-refractivity contribution in [2.24, 2.45) is 0 Å². The lowest BCUT2D eigenvalue weighted by atomic mass is 10.1. The molecule has 3 aromatic rings. The molecule has 6 nitrogen and oxygen atoms in total. The largest absolute Gasteiger partial charge is 0.492 e. The maximum absolute atomic E-state index is 11.9. The van der Waals surface area contributed by atoms with Gasteiger partial charge in [-0.15, -0.1) is 0 Å². The van der Waals surface area contributed by atoms with E-state index in [2.05, 4.69) is 15.6 Å². The lowest BCUT2D eigenvalue weighted by Gasteiger charge is -2.10. The number of hydrogen-bond acceptors (Lipinski definition) is 4. The number of carbonyl (C=O) groups is 2. The van der Waals surface area contributed by atoms with Gasteiger partial charge in [-0.25, -0.2) is 4.79 Å². The average Bonchev–Trinajstić information content (AvgIpc) is 2.65. The second-order valence-corrected chi connectivity index (χ2v) is 5.72. The summed E-state index contributed by atoms with van der Waals surface area (Å²) < 4.78 is 5.65. The number of nitrogens with zero attached hydrogens (tertiary/aromatic N) is 1. The van der Waals surface area contributed by atoms with E-state index >= 15 is 0 Å². The molecule has 0 saturated heterocycles. The molecule has 0 saturated carbocycles. The number of anilines is 1. The molecular weight excluding hydrogens is 330 g/mol. The molecule has 6 heteroatoms. The summed E-state index contributed by atoms with van der Waals surface area (Å²) in [6, 6.07) is 16.0. The summed E-state index contributed by atoms with van der Waals surface area (Å²) in [7, 11) is 0. The molecule has 0 spiro atoms. The predicted octanol–water partition coefficient (Wildman–Crippen LogP) is 3.64. The Hall–Kier alpha value is -3.41. The van der Waals surface area contributed by atoms with Crippen LogP contribution in [0.4, 0.5) is 10.5 Å². The number of carbonyl (C=O) groups excluding carboxylic acids is 2. The van der Waals surface area contributed by atoms with Crippen molar-refractivity contribution in [2.45, 2.75) is 6.92 Å². The Balaban J connectivity index is 1.46. The third kappa shape index (κ3) is 4.57. The van der Waals surface area contributed by atoms with Crippen LogP contribution in [-0.4, -0.2) is 29.9 Å². The molecule has 2 N–H and O–H groups in total. The number of hydrogen-bond donors (Lipinski definition) is 2. The molecule has 26 heavy (non-hydrogen) atoms. The average molecular weight is 349 g/mol. The Kier molecular flexibility index (Phi) is 5.43. The smallest absolute Gasteiger partial charge is 0.319 e. The minimum absolute atomic E-state index is 0.0481. The van der Waals surface area contributed by atoms with Crippen LogP contribution < -0.4 is 15.4 Å². The van der Waals surface area contributed by atoms with Crippen molar-refractivity contribution < 1.29 is 14.3 Å². The normalized spacial score (nSPS) is 10.3. The minimum atomic E-state index is -0.350. The molecule has 0 unspecified atom stereocenters. The van der Waals surface area contributed by atoms with Gasteiger partial charge in [0.15, 0.2) is 5.78 Å². The van der Waals surface area contributed by atoms with E-state index in [0.29, 0.717) is 24.4 Å². The summed E-state index contributed by atoms with van der Waals surface area (Å²) in [6.45, 7) is 2.18. The highest BCUT2D eigenvalue weighted by Gasteiger charge is 2.04. The van der Waals surface area contributed by atoms with E-state index in [1.165, 1.54) is 6.92 Å². The fraction of sp³-hybridized carbons (Fsp3) is 0.150. The number of benzene rings is 2. The van der Waals surface area contributed by atoms with Crippen molar-refractivity contribution in [3.8, 4) is 5.75 Å². The van der Waals surface area contributed by atoms with Gasteiger partial charge in [0.2, 0.25) is 0 Å². The van der Waals surface area contributed by atoms with Gasteiger partial charge >= 0.3 is 6.03 Å². The predicted molar refractivity (Wildman–Crippen MR) is 101 cm³/mol. The SMILES string of the molecule is CC(=O)c1cccc(NC(=O)NCCOc2ccc3ncccc3c2)c1. The Morgan fingerprint density at radius 3 is 2.81 bits per heavy atom. The summed E-state index contributed by atoms with van der Waals surface area (Å²) in [4.78, 5) is 27.5. The molecule has 2 aromatic carbocycles. The van der Waals surface area contributed by atoms with Crippen molar-refractivity contribution in [3.05, 3.63) is 66.4 Å². The van der Waals surface area contributed by atoms with Gasteiger partial charge in [-0.2, -0.15) is 0 Å². The molecule has 0 atom stereocenters. The number of pyridine rings is 1. The number of aromatic nitrogens is 1. The van der Waals surface area contributed by atoms with E-state index in [1.807, 2.05) is 30.3 Å². The Bertz CT molecular complexity index is 940. The van der Waals surface area contributed by atoms with E-state index in [1.54, 1.807) is 30.5 Å². The van der Waals surface area contributed by atoms with E-state index in [4.69, 9.17) is 4.74 Å². The standard InChI is InChI=1S/C20H19N3O3/c1-14(24)15-4-2-6-17(12-15)23-20(25)22-10-11-26-18-7-8-19-16(13-18)5-3-9-21-19/h2-9,12-13H,10-11H2,1H3,(H2,22,23,25). The quantitative estimate of drug-likeness (QED) is 0.526. The zero-order valence-electron chi connectivity index (χ0n) is 14.4. The highest BCUT2D eigenvalue weighted by atomic mass is 16.5. The Labute approximate surface area is 151 Å². The lowest BCUT2D eigenvalue weighted by Crippen LogP contribution is -2.32. The van der Waals surface area contributed by atoms with Crippen LogP contribution >= 0.6 is 0 Å². The molecule has 0 radical (unpaired) electrons. The van der Waals surface area contributed by atoms with Gasteiger partial charge in [-0.1, -0.05) is 18.2 Å². The van der Waals surface area contributed by atoms with Crippen LogP contribution in [0, 0.1) is 0 Å². The Morgan fingerprint density at radius 1 is 1.08 bits per heavy atom. The van der Waals surface area contributed by atoms with Crippen molar-refractivity contribution in [1.82, 2.24) is 10.3 Å². The van der Waals surface area contributed by atoms with E-state index in [0.717, 1.165) is 16.7 Å². The number of nitrogens with one attached hydrogen (secondary N) is 2. The van der Waals surface area contributed by atoms with Crippen LogP contribution in [0.5, 0.6) is 5.75 Å². The van der Waals surface area contributed by atoms with Crippen molar-refractivity contribution in [2.75, 3.05) is 18.5 Å². The summed E-state index contributed by atoms with van der Waals surface area (Å²) >= 11 is 0. The van der Waals surface area contributed by atoms with Gasteiger partial charge in [0.1, 0.15) is 12.4 Å². The third-order valence-corrected chi connectivity index (χ3v) is 3.76. The summed E-state index contributed by atoms with van der Waals surface area (Å²) in [6.07, 6.45) is 1.75. The van der Waals surface area contributed by atoms with Crippen molar-refractivity contribution >= 4 is 28.4 Å². The number of Topliss-reactive ketones (excluding diaryl/α,β-unsaturated/α-hetero) is 1. The molecule has 0 aliphatic rings. The number of ketones is 1. The van der Waals surface area contributed by atoms with Crippen LogP contribution in [0.25, 0.3) is 10.9 Å². The van der Waals surface area contributed by atoms with Gasteiger partial charge in [0.05, 0.1) is 12.1 Å². The molecule has 132 valence electrons. The van der Waals surface area contributed by atoms with Crippen LogP contribution in [0.2, 0.25) is 0 Å². The monoisotopic (exact) mass is 349 g/mol. The topological polar surface area (TPSA) is 80.3 Å². The fourth-order valence-electron chi connectivity index (χ4n) is 2.47. The van der Waals surface area contributed by atoms with E-state index in [-0.39, 0.29) is 11.8 Å². The summed E-state index contributed by atoms with van der Waals surface area (Å²) in [5.41, 5.74) is 2.03. The second kappa shape index (κ2) is 8.11. The van der Waals surface area contributed by atoms with Gasteiger partial charge in [0.25, 0.3) is 0 Å². The fourth-order valence-corrected chi connectivity index (χ4v) is 2.47. The van der Waals surface area contributed by atoms with Gasteiger partial charge in [-0.3, -0.25) is 9.78 Å². The summed E-state index contributed by atoms with van der Waals surface area (Å²) in [5.74, 6) is 0.676. The molecule has 1 aromatic heterocycles. The van der Waals surface area contributed by atoms with Crippen LogP contribution in [0.3, 0.4) is 0 Å². The first-order valence-corrected chi connectivity index (χ1v) is 8.25. The van der Waals surface area contributed by atoms with E-state index < -0.39 is 0 Å². The number of amides is 2. The number of rotatable bonds is 6. The number of fused-ring (bicyclic) bond motifs is 1. The molecule has 0 aliphatic heterocycles. The van der Waals surface area contributed by atoms with Crippen LogP contribution in [-0.2, 0) is 0 Å². The van der Waals surface area contributed by atoms with Gasteiger partial charge in [0, 0.05) is 22.8 Å². The van der Waals surface area contributed by atoms with Crippen LogP contribution in [0.15, 0.2) is 60.8 Å². The summed E-state index contributed by atoms with van der Waals surface area (Å²) in [5, 5.41) is 6.41. The first-order chi connectivity index (χ1) is 12.6. The minimum Gasteiger partial charge on any atom is -0.492 e. The van der Waals surface area contributed by atoms with Crippen molar-refractivity contribution in [3.63, 3.8) is 0 Å². The second-order valence-electron chi connectivity index (χ2n) is 5.72. The van der Waals surface area contributed by atoms with Crippen molar-refractivity contribution in [1.29, 1.82) is 0 Å². The molecule has 0 bridgehead atoms. The highest BCUT2D eigenvalue weighted by Crippen LogP contribution is 2.18. The zero-order valence-corrected chi connectivity index (χ0v) is 14.4. The zero-order chi connectivity index (χ0) is 18.4. The maximum atomic E-state index is 11.9. The van der Waals surface area contributed by atoms with Gasteiger partial charge in [-0.05, 0) is 43.3 Å². The van der Waals surface area contributed by atoms with E-state index in [9.17, 15) is 9.59 Å². The molecule has 0 fully saturated rings. The first kappa shape index (κ1) is 17.4. The molecule has 2 amide bonds.